The normalized spacial score (nSPS) is 31.9. The Morgan fingerprint density at radius 1 is 1.27 bits per heavy atom. The molecule has 1 saturated heterocycles. The average Bonchev–Trinajstić information content (AvgIpc) is 1.83. The maximum atomic E-state index is 3.42. The lowest BCUT2D eigenvalue weighted by molar-refractivity contribution is 0.172. The zero-order chi connectivity index (χ0) is 6.85. The van der Waals surface area contributed by atoms with Crippen LogP contribution in [0.15, 0.2) is 0 Å². The van der Waals surface area contributed by atoms with Gasteiger partial charge in [-0.05, 0) is 20.9 Å². The van der Waals surface area contributed by atoms with Crippen LogP contribution in [0.5, 0.6) is 0 Å². The van der Waals surface area contributed by atoms with Crippen LogP contribution in [-0.2, 0) is 0 Å². The van der Waals surface area contributed by atoms with Crippen molar-refractivity contribution in [3.63, 3.8) is 0 Å². The third-order valence-electron chi connectivity index (χ3n) is 2.35. The minimum absolute atomic E-state index is 0. The third kappa shape index (κ3) is 3.61. The molecule has 0 aromatic carbocycles. The molecule has 0 radical (unpaired) electrons. The van der Waals surface area contributed by atoms with E-state index in [2.05, 4.69) is 31.1 Å². The van der Waals surface area contributed by atoms with E-state index in [1.165, 1.54) is 6.54 Å². The molecule has 0 saturated carbocycles. The lowest BCUT2D eigenvalue weighted by atomic mass is 10.1. The van der Waals surface area contributed by atoms with Crippen molar-refractivity contribution in [1.82, 2.24) is 10.2 Å². The van der Waals surface area contributed by atoms with E-state index >= 15 is 0 Å². The van der Waals surface area contributed by atoms with Crippen molar-refractivity contribution >= 4 is 24.8 Å². The fourth-order valence-corrected chi connectivity index (χ4v) is 1.22. The van der Waals surface area contributed by atoms with E-state index in [9.17, 15) is 0 Å². The minimum Gasteiger partial charge on any atom is -0.311 e. The maximum absolute atomic E-state index is 3.42. The summed E-state index contributed by atoms with van der Waals surface area (Å²) in [6.07, 6.45) is 0. The minimum atomic E-state index is 0. The van der Waals surface area contributed by atoms with Crippen LogP contribution in [0.3, 0.4) is 0 Å². The Labute approximate surface area is 81.5 Å². The van der Waals surface area contributed by atoms with Gasteiger partial charge in [0.15, 0.2) is 0 Å². The molecule has 1 N–H and O–H groups in total. The molecule has 0 bridgehead atoms. The van der Waals surface area contributed by atoms with E-state index < -0.39 is 0 Å². The summed E-state index contributed by atoms with van der Waals surface area (Å²) in [6.45, 7) is 6.82. The molecule has 1 fully saturated rings. The predicted octanol–water partition coefficient (Wildman–Crippen LogP) is 1.14. The highest BCUT2D eigenvalue weighted by molar-refractivity contribution is 5.85. The smallest absolute Gasteiger partial charge is 0.0215 e. The topological polar surface area (TPSA) is 15.3 Å². The summed E-state index contributed by atoms with van der Waals surface area (Å²) in [4.78, 5) is 2.39. The number of halogens is 2. The molecule has 2 nitrogen and oxygen atoms in total. The summed E-state index contributed by atoms with van der Waals surface area (Å²) in [6, 6.07) is 1.35. The monoisotopic (exact) mass is 200 g/mol. The first-order valence-corrected chi connectivity index (χ1v) is 3.65. The Morgan fingerprint density at radius 2 is 1.82 bits per heavy atom. The lowest BCUT2D eigenvalue weighted by Gasteiger charge is -2.35. The highest BCUT2D eigenvalue weighted by atomic mass is 35.5. The highest BCUT2D eigenvalue weighted by Gasteiger charge is 2.19. The largest absolute Gasteiger partial charge is 0.311 e. The quantitative estimate of drug-likeness (QED) is 0.632. The van der Waals surface area contributed by atoms with Crippen molar-refractivity contribution in [3.05, 3.63) is 0 Å². The number of hydrogen-bond acceptors (Lipinski definition) is 2. The fourth-order valence-electron chi connectivity index (χ4n) is 1.22. The standard InChI is InChI=1S/C7H16N2.2ClH/c1-6-7(2)9(3)5-4-8-6;;/h6-8H,4-5H2,1-3H3;2*1H/t6-,7+;;/m0../s1. The zero-order valence-corrected chi connectivity index (χ0v) is 8.97. The Hall–Kier alpha value is 0.500. The van der Waals surface area contributed by atoms with Crippen molar-refractivity contribution in [3.8, 4) is 0 Å². The second-order valence-electron chi connectivity index (χ2n) is 2.96. The molecule has 1 aliphatic heterocycles. The van der Waals surface area contributed by atoms with Gasteiger partial charge in [-0.2, -0.15) is 0 Å². The van der Waals surface area contributed by atoms with E-state index in [0.29, 0.717) is 12.1 Å². The van der Waals surface area contributed by atoms with Crippen molar-refractivity contribution in [2.45, 2.75) is 25.9 Å². The van der Waals surface area contributed by atoms with Gasteiger partial charge in [-0.25, -0.2) is 0 Å². The van der Waals surface area contributed by atoms with Gasteiger partial charge in [-0.3, -0.25) is 0 Å². The number of hydrogen-bond donors (Lipinski definition) is 1. The van der Waals surface area contributed by atoms with Gasteiger partial charge in [0, 0.05) is 25.2 Å². The molecule has 11 heavy (non-hydrogen) atoms. The highest BCUT2D eigenvalue weighted by Crippen LogP contribution is 2.04. The van der Waals surface area contributed by atoms with Crippen LogP contribution >= 0.6 is 24.8 Å². The van der Waals surface area contributed by atoms with Gasteiger partial charge in [0.2, 0.25) is 0 Å². The fraction of sp³-hybridized carbons (Fsp3) is 1.00. The van der Waals surface area contributed by atoms with Gasteiger partial charge in [0.05, 0.1) is 0 Å². The van der Waals surface area contributed by atoms with Crippen LogP contribution in [0.25, 0.3) is 0 Å². The van der Waals surface area contributed by atoms with Gasteiger partial charge in [-0.1, -0.05) is 0 Å². The summed E-state index contributed by atoms with van der Waals surface area (Å²) in [7, 11) is 2.18. The Balaban J connectivity index is 0. The summed E-state index contributed by atoms with van der Waals surface area (Å²) in [5, 5.41) is 3.42. The van der Waals surface area contributed by atoms with E-state index in [4.69, 9.17) is 0 Å². The first kappa shape index (κ1) is 14.0. The number of rotatable bonds is 0. The number of nitrogens with one attached hydrogen (secondary N) is 1. The van der Waals surface area contributed by atoms with Gasteiger partial charge in [-0.15, -0.1) is 24.8 Å². The molecule has 0 amide bonds. The van der Waals surface area contributed by atoms with Gasteiger partial charge in [0.25, 0.3) is 0 Å². The zero-order valence-electron chi connectivity index (χ0n) is 7.33. The number of likely N-dealkylation sites (N-methyl/N-ethyl adjacent to an activating group) is 1. The maximum Gasteiger partial charge on any atom is 0.0215 e. The summed E-state index contributed by atoms with van der Waals surface area (Å²) >= 11 is 0. The molecule has 2 atom stereocenters. The third-order valence-corrected chi connectivity index (χ3v) is 2.35. The van der Waals surface area contributed by atoms with E-state index in [1.54, 1.807) is 0 Å². The number of piperazine rings is 1. The molecule has 0 aliphatic carbocycles. The molecule has 1 rings (SSSR count). The first-order chi connectivity index (χ1) is 4.22. The van der Waals surface area contributed by atoms with Gasteiger partial charge < -0.3 is 10.2 Å². The molecule has 4 heteroatoms. The first-order valence-electron chi connectivity index (χ1n) is 3.65. The molecular formula is C7H18Cl2N2. The second-order valence-corrected chi connectivity index (χ2v) is 2.96. The molecule has 1 heterocycles. The molecule has 0 unspecified atom stereocenters. The summed E-state index contributed by atoms with van der Waals surface area (Å²) in [5.41, 5.74) is 0. The summed E-state index contributed by atoms with van der Waals surface area (Å²) < 4.78 is 0. The SMILES string of the molecule is C[C@@H]1NCCN(C)[C@@H]1C.Cl.Cl. The average molecular weight is 201 g/mol. The predicted molar refractivity (Wildman–Crippen MR) is 54.1 cm³/mol. The molecule has 0 aromatic heterocycles. The van der Waals surface area contributed by atoms with Crippen molar-refractivity contribution in [1.29, 1.82) is 0 Å². The molecule has 1 aliphatic rings. The van der Waals surface area contributed by atoms with Crippen LogP contribution in [0.4, 0.5) is 0 Å². The van der Waals surface area contributed by atoms with Crippen LogP contribution in [0.2, 0.25) is 0 Å². The van der Waals surface area contributed by atoms with Gasteiger partial charge >= 0.3 is 0 Å². The lowest BCUT2D eigenvalue weighted by Crippen LogP contribution is -2.53. The Bertz CT molecular complexity index is 90.4. The van der Waals surface area contributed by atoms with Crippen molar-refractivity contribution in [2.75, 3.05) is 20.1 Å². The molecular weight excluding hydrogens is 183 g/mol. The number of nitrogens with zero attached hydrogens (tertiary/aromatic N) is 1. The molecule has 0 spiro atoms. The van der Waals surface area contributed by atoms with Crippen LogP contribution in [0, 0.1) is 0 Å². The van der Waals surface area contributed by atoms with E-state index in [0.717, 1.165) is 6.54 Å². The second kappa shape index (κ2) is 6.06. The summed E-state index contributed by atoms with van der Waals surface area (Å²) in [5.74, 6) is 0. The van der Waals surface area contributed by atoms with Crippen LogP contribution < -0.4 is 5.32 Å². The Morgan fingerprint density at radius 3 is 2.18 bits per heavy atom. The van der Waals surface area contributed by atoms with Crippen LogP contribution in [-0.4, -0.2) is 37.1 Å². The van der Waals surface area contributed by atoms with Crippen LogP contribution in [0.1, 0.15) is 13.8 Å². The Kier molecular flexibility index (Phi) is 7.75. The molecule has 70 valence electrons. The van der Waals surface area contributed by atoms with Gasteiger partial charge in [0.1, 0.15) is 0 Å². The molecule has 0 aromatic rings. The van der Waals surface area contributed by atoms with Crippen molar-refractivity contribution < 1.29 is 0 Å². The van der Waals surface area contributed by atoms with E-state index in [1.807, 2.05) is 0 Å². The van der Waals surface area contributed by atoms with Crippen molar-refractivity contribution in [2.24, 2.45) is 0 Å². The van der Waals surface area contributed by atoms with E-state index in [-0.39, 0.29) is 24.8 Å².